The van der Waals surface area contributed by atoms with Gasteiger partial charge in [-0.25, -0.2) is 0 Å². The van der Waals surface area contributed by atoms with Crippen molar-refractivity contribution in [2.24, 2.45) is 0 Å². The molecule has 0 saturated heterocycles. The average molecular weight is 540 g/mol. The highest BCUT2D eigenvalue weighted by atomic mass is 79.9. The van der Waals surface area contributed by atoms with E-state index in [0.29, 0.717) is 12.3 Å². The van der Waals surface area contributed by atoms with Crippen LogP contribution in [0.15, 0.2) is 51.4 Å². The third-order valence-electron chi connectivity index (χ3n) is 4.42. The van der Waals surface area contributed by atoms with E-state index in [-0.39, 0.29) is 24.0 Å². The number of ether oxygens (including phenoxy) is 1. The molecule has 1 N–H and O–H groups in total. The fourth-order valence-corrected chi connectivity index (χ4v) is 3.29. The van der Waals surface area contributed by atoms with Crippen LogP contribution in [0.1, 0.15) is 38.8 Å². The molecule has 0 heterocycles. The number of hydrogen-bond acceptors (Lipinski definition) is 3. The topological polar surface area (TPSA) is 58.6 Å². The van der Waals surface area contributed by atoms with E-state index in [1.54, 1.807) is 17.9 Å². The first-order valence-electron chi connectivity index (χ1n) is 9.71. The molecule has 0 bridgehead atoms. The van der Waals surface area contributed by atoms with Crippen LogP contribution in [0.5, 0.6) is 5.75 Å². The molecule has 0 aliphatic rings. The zero-order valence-corrected chi connectivity index (χ0v) is 21.1. The number of rotatable bonds is 7. The van der Waals surface area contributed by atoms with Crippen LogP contribution in [0.25, 0.3) is 0 Å². The van der Waals surface area contributed by atoms with Crippen molar-refractivity contribution < 1.29 is 14.3 Å². The van der Waals surface area contributed by atoms with Crippen molar-refractivity contribution in [2.75, 3.05) is 6.61 Å². The van der Waals surface area contributed by atoms with Gasteiger partial charge in [-0.1, -0.05) is 44.0 Å². The predicted octanol–water partition coefficient (Wildman–Crippen LogP) is 5.23. The number of halogens is 2. The second kappa shape index (κ2) is 10.4. The van der Waals surface area contributed by atoms with Crippen LogP contribution in [-0.4, -0.2) is 34.9 Å². The van der Waals surface area contributed by atoms with E-state index in [1.165, 1.54) is 0 Å². The van der Waals surface area contributed by atoms with Crippen molar-refractivity contribution in [3.8, 4) is 5.75 Å². The quantitative estimate of drug-likeness (QED) is 0.524. The van der Waals surface area contributed by atoms with E-state index in [2.05, 4.69) is 37.2 Å². The summed E-state index contributed by atoms with van der Waals surface area (Å²) in [6.45, 7) is 9.60. The number of benzene rings is 2. The van der Waals surface area contributed by atoms with Gasteiger partial charge in [-0.2, -0.15) is 0 Å². The van der Waals surface area contributed by atoms with Crippen LogP contribution in [0.3, 0.4) is 0 Å². The van der Waals surface area contributed by atoms with Gasteiger partial charge in [0.25, 0.3) is 5.91 Å². The van der Waals surface area contributed by atoms with Crippen LogP contribution in [0.2, 0.25) is 0 Å². The summed E-state index contributed by atoms with van der Waals surface area (Å²) < 4.78 is 7.65. The molecule has 7 heteroatoms. The van der Waals surface area contributed by atoms with Gasteiger partial charge >= 0.3 is 0 Å². The Morgan fingerprint density at radius 3 is 2.30 bits per heavy atom. The van der Waals surface area contributed by atoms with E-state index in [4.69, 9.17) is 4.74 Å². The van der Waals surface area contributed by atoms with Crippen molar-refractivity contribution in [1.29, 1.82) is 0 Å². The molecular weight excluding hydrogens is 512 g/mol. The standard InChI is InChI=1S/C23H28Br2N2O3/c1-15-12-19(10-11-20(15)25)30-14-21(28)27(13-17-6-8-18(24)9-7-17)16(2)22(29)26-23(3,4)5/h6-12,16H,13-14H2,1-5H3,(H,26,29). The third-order valence-corrected chi connectivity index (χ3v) is 5.84. The van der Waals surface area contributed by atoms with Crippen LogP contribution in [0.4, 0.5) is 0 Å². The zero-order valence-electron chi connectivity index (χ0n) is 18.0. The minimum absolute atomic E-state index is 0.148. The van der Waals surface area contributed by atoms with Crippen molar-refractivity contribution in [2.45, 2.75) is 52.7 Å². The Bertz CT molecular complexity index is 892. The lowest BCUT2D eigenvalue weighted by atomic mass is 10.1. The van der Waals surface area contributed by atoms with Gasteiger partial charge < -0.3 is 15.0 Å². The molecule has 1 unspecified atom stereocenters. The summed E-state index contributed by atoms with van der Waals surface area (Å²) in [6, 6.07) is 12.6. The fraction of sp³-hybridized carbons (Fsp3) is 0.391. The first kappa shape index (κ1) is 24.4. The molecule has 0 aliphatic heterocycles. The summed E-state index contributed by atoms with van der Waals surface area (Å²) in [5.74, 6) is 0.155. The van der Waals surface area contributed by atoms with Gasteiger partial charge in [0.2, 0.25) is 5.91 Å². The highest BCUT2D eigenvalue weighted by Crippen LogP contribution is 2.22. The van der Waals surface area contributed by atoms with Crippen molar-refractivity contribution in [3.63, 3.8) is 0 Å². The lowest BCUT2D eigenvalue weighted by molar-refractivity contribution is -0.142. The molecule has 0 aromatic heterocycles. The zero-order chi connectivity index (χ0) is 22.5. The smallest absolute Gasteiger partial charge is 0.261 e. The van der Waals surface area contributed by atoms with Gasteiger partial charge in [0, 0.05) is 21.0 Å². The number of carbonyl (C=O) groups is 2. The lowest BCUT2D eigenvalue weighted by Gasteiger charge is -2.31. The van der Waals surface area contributed by atoms with Crippen molar-refractivity contribution in [3.05, 3.63) is 62.5 Å². The Labute approximate surface area is 195 Å². The highest BCUT2D eigenvalue weighted by Gasteiger charge is 2.28. The summed E-state index contributed by atoms with van der Waals surface area (Å²) >= 11 is 6.87. The summed E-state index contributed by atoms with van der Waals surface area (Å²) in [6.07, 6.45) is 0. The van der Waals surface area contributed by atoms with E-state index in [0.717, 1.165) is 20.1 Å². The first-order chi connectivity index (χ1) is 14.0. The largest absolute Gasteiger partial charge is 0.484 e. The van der Waals surface area contributed by atoms with E-state index in [9.17, 15) is 9.59 Å². The van der Waals surface area contributed by atoms with Crippen LogP contribution < -0.4 is 10.1 Å². The Morgan fingerprint density at radius 1 is 1.10 bits per heavy atom. The molecule has 0 spiro atoms. The number of amides is 2. The Balaban J connectivity index is 2.17. The van der Waals surface area contributed by atoms with Crippen molar-refractivity contribution >= 4 is 43.7 Å². The first-order valence-corrected chi connectivity index (χ1v) is 11.3. The fourth-order valence-electron chi connectivity index (χ4n) is 2.78. The second-order valence-corrected chi connectivity index (χ2v) is 10.0. The third kappa shape index (κ3) is 7.43. The molecule has 1 atom stereocenters. The normalized spacial score (nSPS) is 12.2. The lowest BCUT2D eigenvalue weighted by Crippen LogP contribution is -2.53. The monoisotopic (exact) mass is 538 g/mol. The molecule has 162 valence electrons. The van der Waals surface area contributed by atoms with Crippen LogP contribution in [0, 0.1) is 6.92 Å². The number of aryl methyl sites for hydroxylation is 1. The molecule has 0 saturated carbocycles. The number of hydrogen-bond donors (Lipinski definition) is 1. The van der Waals surface area contributed by atoms with Gasteiger partial charge in [-0.3, -0.25) is 9.59 Å². The summed E-state index contributed by atoms with van der Waals surface area (Å²) in [5, 5.41) is 2.95. The van der Waals surface area contributed by atoms with Gasteiger partial charge in [0.1, 0.15) is 11.8 Å². The molecule has 2 amide bonds. The van der Waals surface area contributed by atoms with Crippen LogP contribution >= 0.6 is 31.9 Å². The second-order valence-electron chi connectivity index (χ2n) is 8.26. The summed E-state index contributed by atoms with van der Waals surface area (Å²) in [5.41, 5.74) is 1.56. The molecular formula is C23H28Br2N2O3. The van der Waals surface area contributed by atoms with Gasteiger partial charge in [-0.15, -0.1) is 0 Å². The van der Waals surface area contributed by atoms with E-state index in [1.807, 2.05) is 64.1 Å². The molecule has 30 heavy (non-hydrogen) atoms. The summed E-state index contributed by atoms with van der Waals surface area (Å²) in [7, 11) is 0. The summed E-state index contributed by atoms with van der Waals surface area (Å²) in [4.78, 5) is 27.4. The predicted molar refractivity (Wildman–Crippen MR) is 126 cm³/mol. The Kier molecular flexibility index (Phi) is 8.50. The highest BCUT2D eigenvalue weighted by molar-refractivity contribution is 9.10. The van der Waals surface area contributed by atoms with Gasteiger partial charge in [0.15, 0.2) is 6.61 Å². The maximum Gasteiger partial charge on any atom is 0.261 e. The van der Waals surface area contributed by atoms with E-state index >= 15 is 0 Å². The Morgan fingerprint density at radius 2 is 1.73 bits per heavy atom. The van der Waals surface area contributed by atoms with Crippen LogP contribution in [-0.2, 0) is 16.1 Å². The molecule has 0 radical (unpaired) electrons. The SMILES string of the molecule is Cc1cc(OCC(=O)N(Cc2ccc(Br)cc2)C(C)C(=O)NC(C)(C)C)ccc1Br. The minimum atomic E-state index is -0.643. The molecule has 2 rings (SSSR count). The average Bonchev–Trinajstić information content (AvgIpc) is 2.66. The van der Waals surface area contributed by atoms with E-state index < -0.39 is 6.04 Å². The van der Waals surface area contributed by atoms with Crippen molar-refractivity contribution in [1.82, 2.24) is 10.2 Å². The van der Waals surface area contributed by atoms with Gasteiger partial charge in [-0.05, 0) is 76.1 Å². The molecule has 0 fully saturated rings. The molecule has 0 aliphatic carbocycles. The maximum atomic E-state index is 13.1. The Hall–Kier alpha value is -1.86. The number of carbonyl (C=O) groups excluding carboxylic acids is 2. The number of nitrogens with one attached hydrogen (secondary N) is 1. The minimum Gasteiger partial charge on any atom is -0.484 e. The molecule has 2 aromatic carbocycles. The maximum absolute atomic E-state index is 13.1. The molecule has 2 aromatic rings. The van der Waals surface area contributed by atoms with Gasteiger partial charge in [0.05, 0.1) is 0 Å². The number of nitrogens with zero attached hydrogens (tertiary/aromatic N) is 1. The molecule has 5 nitrogen and oxygen atoms in total.